The van der Waals surface area contributed by atoms with Crippen LogP contribution in [0.1, 0.15) is 86.4 Å². The first-order valence-corrected chi connectivity index (χ1v) is 12.4. The first-order valence-electron chi connectivity index (χ1n) is 12.4. The summed E-state index contributed by atoms with van der Waals surface area (Å²) in [5, 5.41) is 0. The molecule has 0 heterocycles. The Hall–Kier alpha value is -3.12. The Morgan fingerprint density at radius 1 is 0.559 bits per heavy atom. The van der Waals surface area contributed by atoms with Gasteiger partial charge in [0.05, 0.1) is 0 Å². The number of benzene rings is 4. The Kier molecular flexibility index (Phi) is 5.52. The molecule has 0 atom stereocenters. The van der Waals surface area contributed by atoms with Crippen molar-refractivity contribution in [2.75, 3.05) is 0 Å². The van der Waals surface area contributed by atoms with Gasteiger partial charge in [-0.25, -0.2) is 0 Å². The van der Waals surface area contributed by atoms with Crippen molar-refractivity contribution in [2.45, 2.75) is 58.3 Å². The molecule has 1 aliphatic carbocycles. The molecule has 1 radical (unpaired) electrons. The average Bonchev–Trinajstić information content (AvgIpc) is 3.18. The molecule has 1 aliphatic rings. The number of fused-ring (bicyclic) bond motifs is 3. The van der Waals surface area contributed by atoms with Gasteiger partial charge in [-0.2, -0.15) is 0 Å². The fraction of sp³-hybridized carbons (Fsp3) is 0.265. The van der Waals surface area contributed by atoms with E-state index in [1.165, 1.54) is 50.1 Å². The van der Waals surface area contributed by atoms with E-state index in [2.05, 4.69) is 139 Å². The van der Waals surface area contributed by atoms with Gasteiger partial charge in [0.1, 0.15) is 0 Å². The second-order valence-corrected chi connectivity index (χ2v) is 11.7. The van der Waals surface area contributed by atoms with Crippen molar-refractivity contribution in [1.29, 1.82) is 0 Å². The molecule has 171 valence electrons. The number of rotatable bonds is 3. The highest BCUT2D eigenvalue weighted by molar-refractivity contribution is 5.84. The van der Waals surface area contributed by atoms with E-state index in [9.17, 15) is 0 Å². The normalized spacial score (nSPS) is 13.1. The van der Waals surface area contributed by atoms with Crippen LogP contribution in [0.5, 0.6) is 0 Å². The van der Waals surface area contributed by atoms with E-state index in [1.54, 1.807) is 0 Å². The van der Waals surface area contributed by atoms with Crippen molar-refractivity contribution >= 4 is 0 Å². The molecule has 0 unspecified atom stereocenters. The van der Waals surface area contributed by atoms with Crippen molar-refractivity contribution in [2.24, 2.45) is 0 Å². The molecular formula is C34H35. The summed E-state index contributed by atoms with van der Waals surface area (Å²) in [4.78, 5) is 0. The van der Waals surface area contributed by atoms with Gasteiger partial charge in [0.25, 0.3) is 0 Å². The van der Waals surface area contributed by atoms with Gasteiger partial charge in [-0.05, 0) is 60.9 Å². The van der Waals surface area contributed by atoms with Gasteiger partial charge in [0, 0.05) is 12.3 Å². The van der Waals surface area contributed by atoms with Gasteiger partial charge in [-0.1, -0.05) is 133 Å². The van der Waals surface area contributed by atoms with Crippen molar-refractivity contribution in [3.05, 3.63) is 136 Å². The molecule has 4 aromatic carbocycles. The molecule has 0 aliphatic heterocycles. The van der Waals surface area contributed by atoms with Crippen LogP contribution in [0.25, 0.3) is 11.1 Å². The largest absolute Gasteiger partial charge is 0.0622 e. The third kappa shape index (κ3) is 4.00. The molecule has 0 spiro atoms. The lowest BCUT2D eigenvalue weighted by molar-refractivity contribution is 0.580. The van der Waals surface area contributed by atoms with E-state index in [0.717, 1.165) is 0 Å². The van der Waals surface area contributed by atoms with Crippen LogP contribution in [0, 0.1) is 6.42 Å². The lowest BCUT2D eigenvalue weighted by Crippen LogP contribution is -2.19. The van der Waals surface area contributed by atoms with Gasteiger partial charge in [0.15, 0.2) is 0 Å². The molecule has 0 nitrogen and oxygen atoms in total. The zero-order valence-electron chi connectivity index (χ0n) is 21.3. The smallest absolute Gasteiger partial charge is 0.0346 e. The third-order valence-electron chi connectivity index (χ3n) is 7.16. The second-order valence-electron chi connectivity index (χ2n) is 11.7. The lowest BCUT2D eigenvalue weighted by Gasteiger charge is -2.31. The van der Waals surface area contributed by atoms with E-state index >= 15 is 0 Å². The van der Waals surface area contributed by atoms with Crippen molar-refractivity contribution in [3.63, 3.8) is 0 Å². The summed E-state index contributed by atoms with van der Waals surface area (Å²) in [6.45, 7) is 13.9. The Labute approximate surface area is 205 Å². The average molecular weight is 444 g/mol. The van der Waals surface area contributed by atoms with Gasteiger partial charge in [0.2, 0.25) is 0 Å². The molecule has 0 saturated carbocycles. The highest BCUT2D eigenvalue weighted by Crippen LogP contribution is 2.48. The van der Waals surface area contributed by atoms with Crippen molar-refractivity contribution in [1.82, 2.24) is 0 Å². The Balaban J connectivity index is 1.78. The van der Waals surface area contributed by atoms with Crippen LogP contribution in [0.4, 0.5) is 0 Å². The summed E-state index contributed by atoms with van der Waals surface area (Å²) < 4.78 is 0. The molecule has 0 saturated heterocycles. The van der Waals surface area contributed by atoms with Gasteiger partial charge in [-0.15, -0.1) is 0 Å². The summed E-state index contributed by atoms with van der Waals surface area (Å²) in [6.07, 6.45) is 2.45. The summed E-state index contributed by atoms with van der Waals surface area (Å²) in [5.41, 5.74) is 12.5. The molecule has 0 heteroatoms. The first kappa shape index (κ1) is 22.7. The van der Waals surface area contributed by atoms with Crippen LogP contribution in [0.2, 0.25) is 0 Å². The predicted molar refractivity (Wildman–Crippen MR) is 146 cm³/mol. The topological polar surface area (TPSA) is 0 Å². The number of hydrogen-bond donors (Lipinski definition) is 0. The molecule has 34 heavy (non-hydrogen) atoms. The Morgan fingerprint density at radius 2 is 1.12 bits per heavy atom. The molecule has 4 aromatic rings. The van der Waals surface area contributed by atoms with Crippen molar-refractivity contribution < 1.29 is 0 Å². The van der Waals surface area contributed by atoms with E-state index in [4.69, 9.17) is 0 Å². The minimum absolute atomic E-state index is 0.0331. The number of hydrogen-bond acceptors (Lipinski definition) is 0. The molecule has 5 rings (SSSR count). The molecule has 0 N–H and O–H groups in total. The fourth-order valence-electron chi connectivity index (χ4n) is 5.36. The van der Waals surface area contributed by atoms with Crippen LogP contribution in [-0.2, 0) is 10.8 Å². The van der Waals surface area contributed by atoms with Crippen LogP contribution in [-0.4, -0.2) is 0 Å². The quantitative estimate of drug-likeness (QED) is 0.244. The van der Waals surface area contributed by atoms with E-state index in [1.807, 2.05) is 0 Å². The van der Waals surface area contributed by atoms with E-state index in [0.29, 0.717) is 0 Å². The summed E-state index contributed by atoms with van der Waals surface area (Å²) in [5.74, 6) is 0.180. The van der Waals surface area contributed by atoms with Gasteiger partial charge >= 0.3 is 0 Å². The molecular weight excluding hydrogens is 408 g/mol. The van der Waals surface area contributed by atoms with Crippen LogP contribution < -0.4 is 0 Å². The molecule has 0 fully saturated rings. The predicted octanol–water partition coefficient (Wildman–Crippen LogP) is 9.04. The first-order chi connectivity index (χ1) is 16.1. The lowest BCUT2D eigenvalue weighted by atomic mass is 9.73. The summed E-state index contributed by atoms with van der Waals surface area (Å²) in [7, 11) is 0. The Morgan fingerprint density at radius 3 is 1.65 bits per heavy atom. The van der Waals surface area contributed by atoms with Gasteiger partial charge in [-0.3, -0.25) is 0 Å². The molecule has 0 aromatic heterocycles. The summed E-state index contributed by atoms with van der Waals surface area (Å²) >= 11 is 0. The minimum Gasteiger partial charge on any atom is -0.0622 e. The Bertz CT molecular complexity index is 1270. The molecule has 0 bridgehead atoms. The van der Waals surface area contributed by atoms with Gasteiger partial charge < -0.3 is 0 Å². The maximum absolute atomic E-state index is 2.45. The highest BCUT2D eigenvalue weighted by atomic mass is 14.4. The SMILES string of the molecule is CC(C)(C)c1ccc2c(c1)[CH]c1c-2ccc(C(C)(C)C)c1C(c1ccccc1)c1ccccc1. The van der Waals surface area contributed by atoms with Crippen molar-refractivity contribution in [3.8, 4) is 11.1 Å². The third-order valence-corrected chi connectivity index (χ3v) is 7.16. The maximum Gasteiger partial charge on any atom is 0.0346 e. The highest BCUT2D eigenvalue weighted by Gasteiger charge is 2.33. The maximum atomic E-state index is 2.45. The molecule has 0 amide bonds. The fourth-order valence-corrected chi connectivity index (χ4v) is 5.36. The van der Waals surface area contributed by atoms with E-state index < -0.39 is 0 Å². The second kappa shape index (κ2) is 8.27. The standard InChI is InChI=1S/C34H35/c1-33(2,3)26-17-18-27-25(21-26)22-29-28(27)19-20-30(34(4,5)6)32(29)31(23-13-9-7-10-14-23)24-15-11-8-12-16-24/h7-22,31H,1-6H3. The van der Waals surface area contributed by atoms with E-state index in [-0.39, 0.29) is 16.7 Å². The monoisotopic (exact) mass is 443 g/mol. The minimum atomic E-state index is 0.0331. The van der Waals surface area contributed by atoms with Crippen LogP contribution in [0.15, 0.2) is 91.0 Å². The van der Waals surface area contributed by atoms with Crippen LogP contribution in [0.3, 0.4) is 0 Å². The summed E-state index contributed by atoms with van der Waals surface area (Å²) in [6, 6.07) is 33.8. The van der Waals surface area contributed by atoms with Crippen LogP contribution >= 0.6 is 0 Å². The zero-order chi connectivity index (χ0) is 24.1. The zero-order valence-corrected chi connectivity index (χ0v) is 21.3.